The standard InChI is InChI=1S/C32H31ClN4O2S2/c1-41(38,39)26-11-7-8-23(20-26)30-14-15-31(40-30)29-21-25(35-37(29)28-13-6-5-12-27(28)33)22-36-18-16-32(34,17-19-36)24-9-3-2-4-10-24/h2-15,20-21H,16-19,22,34H2,1H3. The Morgan fingerprint density at radius 1 is 0.902 bits per heavy atom. The van der Waals surface area contributed by atoms with Gasteiger partial charge in [0.05, 0.1) is 31.9 Å². The normalized spacial score (nSPS) is 15.7. The van der Waals surface area contributed by atoms with Crippen LogP contribution in [-0.4, -0.2) is 42.4 Å². The van der Waals surface area contributed by atoms with Gasteiger partial charge < -0.3 is 5.73 Å². The van der Waals surface area contributed by atoms with Gasteiger partial charge in [0.25, 0.3) is 0 Å². The van der Waals surface area contributed by atoms with Crippen LogP contribution in [0.15, 0.2) is 102 Å². The van der Waals surface area contributed by atoms with E-state index in [1.54, 1.807) is 29.5 Å². The molecule has 1 fully saturated rings. The second kappa shape index (κ2) is 11.2. The second-order valence-electron chi connectivity index (χ2n) is 10.6. The number of aromatic nitrogens is 2. The van der Waals surface area contributed by atoms with Crippen molar-refractivity contribution in [1.82, 2.24) is 14.7 Å². The van der Waals surface area contributed by atoms with Crippen LogP contribution in [0.5, 0.6) is 0 Å². The lowest BCUT2D eigenvalue weighted by molar-refractivity contribution is 0.154. The number of benzene rings is 3. The monoisotopic (exact) mass is 602 g/mol. The first-order valence-corrected chi connectivity index (χ1v) is 16.6. The van der Waals surface area contributed by atoms with Crippen LogP contribution in [0.3, 0.4) is 0 Å². The molecule has 9 heteroatoms. The van der Waals surface area contributed by atoms with Gasteiger partial charge in [-0.25, -0.2) is 13.1 Å². The highest BCUT2D eigenvalue weighted by Gasteiger charge is 2.32. The number of piperidine rings is 1. The zero-order valence-corrected chi connectivity index (χ0v) is 25.1. The Balaban J connectivity index is 1.29. The van der Waals surface area contributed by atoms with Crippen molar-refractivity contribution in [3.05, 3.63) is 113 Å². The SMILES string of the molecule is CS(=O)(=O)c1cccc(-c2ccc(-c3cc(CN4CCC(N)(c5ccccc5)CC4)nn3-c3ccccc3Cl)s2)c1. The number of halogens is 1. The average Bonchev–Trinajstić information content (AvgIpc) is 3.63. The summed E-state index contributed by atoms with van der Waals surface area (Å²) in [5, 5.41) is 5.64. The number of rotatable bonds is 7. The van der Waals surface area contributed by atoms with Crippen molar-refractivity contribution in [2.75, 3.05) is 19.3 Å². The maximum absolute atomic E-state index is 12.1. The summed E-state index contributed by atoms with van der Waals surface area (Å²) in [4.78, 5) is 4.72. The molecule has 1 saturated heterocycles. The van der Waals surface area contributed by atoms with E-state index < -0.39 is 9.84 Å². The summed E-state index contributed by atoms with van der Waals surface area (Å²) in [6, 6.07) is 31.4. The highest BCUT2D eigenvalue weighted by molar-refractivity contribution is 7.90. The van der Waals surface area contributed by atoms with Gasteiger partial charge in [-0.15, -0.1) is 11.3 Å². The van der Waals surface area contributed by atoms with Crippen molar-refractivity contribution in [3.63, 3.8) is 0 Å². The third kappa shape index (κ3) is 5.89. The molecule has 2 aromatic heterocycles. The van der Waals surface area contributed by atoms with E-state index in [-0.39, 0.29) is 5.54 Å². The highest BCUT2D eigenvalue weighted by atomic mass is 35.5. The number of likely N-dealkylation sites (tertiary alicyclic amines) is 1. The number of hydrogen-bond donors (Lipinski definition) is 1. The van der Waals surface area contributed by atoms with Gasteiger partial charge in [0.2, 0.25) is 0 Å². The molecular formula is C32H31ClN4O2S2. The topological polar surface area (TPSA) is 81.2 Å². The largest absolute Gasteiger partial charge is 0.321 e. The minimum absolute atomic E-state index is 0.304. The van der Waals surface area contributed by atoms with Gasteiger partial charge in [-0.2, -0.15) is 5.10 Å². The number of thiophene rings is 1. The average molecular weight is 603 g/mol. The first kappa shape index (κ1) is 27.9. The fraction of sp³-hybridized carbons (Fsp3) is 0.219. The summed E-state index contributed by atoms with van der Waals surface area (Å²) in [7, 11) is -3.30. The van der Waals surface area contributed by atoms with E-state index in [4.69, 9.17) is 22.4 Å². The zero-order valence-electron chi connectivity index (χ0n) is 22.7. The fourth-order valence-electron chi connectivity index (χ4n) is 5.40. The van der Waals surface area contributed by atoms with Gasteiger partial charge in [0, 0.05) is 36.3 Å². The minimum Gasteiger partial charge on any atom is -0.321 e. The Hall–Kier alpha value is -3.27. The molecule has 2 N–H and O–H groups in total. The van der Waals surface area contributed by atoms with Crippen LogP contribution < -0.4 is 5.73 Å². The van der Waals surface area contributed by atoms with Gasteiger partial charge in [0.15, 0.2) is 9.84 Å². The van der Waals surface area contributed by atoms with Crippen LogP contribution in [0.2, 0.25) is 5.02 Å². The molecule has 0 radical (unpaired) electrons. The lowest BCUT2D eigenvalue weighted by Crippen LogP contribution is -2.47. The Morgan fingerprint density at radius 3 is 2.34 bits per heavy atom. The number of para-hydroxylation sites is 1. The van der Waals surface area contributed by atoms with E-state index >= 15 is 0 Å². The molecule has 3 heterocycles. The maximum Gasteiger partial charge on any atom is 0.175 e. The van der Waals surface area contributed by atoms with Crippen molar-refractivity contribution >= 4 is 32.8 Å². The molecule has 1 aliphatic heterocycles. The van der Waals surface area contributed by atoms with E-state index in [0.29, 0.717) is 16.5 Å². The summed E-state index contributed by atoms with van der Waals surface area (Å²) >= 11 is 8.23. The molecule has 41 heavy (non-hydrogen) atoms. The molecule has 1 aliphatic rings. The molecule has 6 rings (SSSR count). The first-order valence-electron chi connectivity index (χ1n) is 13.5. The van der Waals surface area contributed by atoms with Crippen LogP contribution in [-0.2, 0) is 21.9 Å². The molecule has 6 nitrogen and oxygen atoms in total. The highest BCUT2D eigenvalue weighted by Crippen LogP contribution is 2.38. The summed E-state index contributed by atoms with van der Waals surface area (Å²) in [6.07, 6.45) is 3.00. The quantitative estimate of drug-likeness (QED) is 0.222. The number of nitrogens with zero attached hydrogens (tertiary/aromatic N) is 3. The molecule has 0 atom stereocenters. The Labute approximate surface area is 249 Å². The second-order valence-corrected chi connectivity index (χ2v) is 14.2. The minimum atomic E-state index is -3.30. The predicted octanol–water partition coefficient (Wildman–Crippen LogP) is 6.77. The third-order valence-corrected chi connectivity index (χ3v) is 10.3. The van der Waals surface area contributed by atoms with Crippen LogP contribution in [0.4, 0.5) is 0 Å². The van der Waals surface area contributed by atoms with Gasteiger partial charge in [0.1, 0.15) is 0 Å². The first-order chi connectivity index (χ1) is 19.7. The molecule has 0 saturated carbocycles. The van der Waals surface area contributed by atoms with Crippen LogP contribution >= 0.6 is 22.9 Å². The van der Waals surface area contributed by atoms with Crippen molar-refractivity contribution in [2.24, 2.45) is 5.73 Å². The van der Waals surface area contributed by atoms with Crippen LogP contribution in [0.25, 0.3) is 26.7 Å². The maximum atomic E-state index is 12.1. The Kier molecular flexibility index (Phi) is 7.61. The summed E-state index contributed by atoms with van der Waals surface area (Å²) in [5.74, 6) is 0. The molecule has 5 aromatic rings. The Bertz CT molecular complexity index is 1790. The van der Waals surface area contributed by atoms with E-state index in [9.17, 15) is 8.42 Å². The zero-order chi connectivity index (χ0) is 28.6. The molecule has 0 spiro atoms. The number of sulfone groups is 1. The molecular weight excluding hydrogens is 572 g/mol. The lowest BCUT2D eigenvalue weighted by Gasteiger charge is -2.39. The van der Waals surface area contributed by atoms with Gasteiger partial charge >= 0.3 is 0 Å². The van der Waals surface area contributed by atoms with E-state index in [1.807, 2.05) is 47.1 Å². The van der Waals surface area contributed by atoms with Crippen molar-refractivity contribution in [2.45, 2.75) is 29.8 Å². The molecule has 0 amide bonds. The fourth-order valence-corrected chi connectivity index (χ4v) is 7.29. The van der Waals surface area contributed by atoms with Crippen LogP contribution in [0, 0.1) is 0 Å². The molecule has 0 unspecified atom stereocenters. The summed E-state index contributed by atoms with van der Waals surface area (Å²) in [6.45, 7) is 2.49. The number of nitrogens with two attached hydrogens (primary N) is 1. The van der Waals surface area contributed by atoms with Crippen molar-refractivity contribution < 1.29 is 8.42 Å². The number of hydrogen-bond acceptors (Lipinski definition) is 6. The van der Waals surface area contributed by atoms with E-state index in [1.165, 1.54) is 11.8 Å². The summed E-state index contributed by atoms with van der Waals surface area (Å²) in [5.41, 5.74) is 11.3. The van der Waals surface area contributed by atoms with Gasteiger partial charge in [-0.3, -0.25) is 4.90 Å². The predicted molar refractivity (Wildman–Crippen MR) is 167 cm³/mol. The van der Waals surface area contributed by atoms with E-state index in [2.05, 4.69) is 41.3 Å². The van der Waals surface area contributed by atoms with Gasteiger partial charge in [-0.05, 0) is 66.4 Å². The van der Waals surface area contributed by atoms with Gasteiger partial charge in [-0.1, -0.05) is 66.2 Å². The van der Waals surface area contributed by atoms with Crippen molar-refractivity contribution in [1.29, 1.82) is 0 Å². The molecule has 0 aliphatic carbocycles. The third-order valence-electron chi connectivity index (χ3n) is 7.73. The van der Waals surface area contributed by atoms with Crippen molar-refractivity contribution in [3.8, 4) is 26.7 Å². The summed E-state index contributed by atoms with van der Waals surface area (Å²) < 4.78 is 26.2. The smallest absolute Gasteiger partial charge is 0.175 e. The Morgan fingerprint density at radius 2 is 1.61 bits per heavy atom. The molecule has 210 valence electrons. The molecule has 3 aromatic carbocycles. The molecule has 0 bridgehead atoms. The lowest BCUT2D eigenvalue weighted by atomic mass is 9.82. The van der Waals surface area contributed by atoms with Crippen LogP contribution in [0.1, 0.15) is 24.1 Å². The van der Waals surface area contributed by atoms with E-state index in [0.717, 1.165) is 58.3 Å².